The second kappa shape index (κ2) is 13.6. The Kier molecular flexibility index (Phi) is 11.9. The minimum atomic E-state index is -1.29. The molecule has 0 aliphatic carbocycles. The molecule has 0 amide bonds. The van der Waals surface area contributed by atoms with Crippen LogP contribution in [0, 0.1) is 0 Å². The van der Waals surface area contributed by atoms with Crippen molar-refractivity contribution < 1.29 is 29.5 Å². The third-order valence-electron chi connectivity index (χ3n) is 4.18. The Morgan fingerprint density at radius 3 is 2.21 bits per heavy atom. The molecule has 0 radical (unpaired) electrons. The van der Waals surface area contributed by atoms with E-state index in [0.29, 0.717) is 23.6 Å². The van der Waals surface area contributed by atoms with Crippen LogP contribution in [0.15, 0.2) is 47.9 Å². The van der Waals surface area contributed by atoms with Crippen molar-refractivity contribution in [2.24, 2.45) is 10.1 Å². The highest BCUT2D eigenvalue weighted by atomic mass is 32.2. The molecule has 10 heteroatoms. The van der Waals surface area contributed by atoms with Crippen LogP contribution in [0.1, 0.15) is 46.1 Å². The van der Waals surface area contributed by atoms with Gasteiger partial charge in [0.05, 0.1) is 42.7 Å². The summed E-state index contributed by atoms with van der Waals surface area (Å²) in [6.07, 6.45) is 2.28. The Morgan fingerprint density at radius 2 is 1.67 bits per heavy atom. The summed E-state index contributed by atoms with van der Waals surface area (Å²) < 4.78 is 23.9. The molecule has 0 aromatic heterocycles. The van der Waals surface area contributed by atoms with E-state index in [2.05, 4.69) is 22.3 Å². The van der Waals surface area contributed by atoms with Crippen molar-refractivity contribution in [3.05, 3.63) is 49.1 Å². The first kappa shape index (κ1) is 29.0. The van der Waals surface area contributed by atoms with Crippen LogP contribution in [0.4, 0.5) is 5.69 Å². The van der Waals surface area contributed by atoms with E-state index in [-0.39, 0.29) is 19.6 Å². The number of ether oxygens (including phenoxy) is 3. The summed E-state index contributed by atoms with van der Waals surface area (Å²) in [5, 5.41) is 30.1. The summed E-state index contributed by atoms with van der Waals surface area (Å²) in [4.78, 5) is 0. The summed E-state index contributed by atoms with van der Waals surface area (Å²) in [7, 11) is 0. The molecule has 0 bridgehead atoms. The highest BCUT2D eigenvalue weighted by molar-refractivity contribution is 7.99. The molecule has 6 N–H and O–H groups in total. The van der Waals surface area contributed by atoms with Crippen molar-refractivity contribution in [2.75, 3.05) is 17.9 Å². The molecule has 1 aliphatic heterocycles. The monoisotopic (exact) mass is 483 g/mol. The minimum Gasteiger partial charge on any atom is -0.487 e. The number of hydrogen-bond donors (Lipinski definition) is 5. The maximum atomic E-state index is 10.7. The van der Waals surface area contributed by atoms with E-state index in [1.807, 2.05) is 12.1 Å². The topological polar surface area (TPSA) is 139 Å². The number of hydrogen-bond acceptors (Lipinski definition) is 10. The van der Waals surface area contributed by atoms with Crippen LogP contribution in [-0.4, -0.2) is 58.2 Å². The van der Waals surface area contributed by atoms with Gasteiger partial charge in [0.1, 0.15) is 17.7 Å². The average Bonchev–Trinajstić information content (AvgIpc) is 2.71. The third kappa shape index (κ3) is 11.6. The molecule has 0 saturated heterocycles. The number of aliphatic hydroxyl groups is 3. The van der Waals surface area contributed by atoms with Gasteiger partial charge >= 0.3 is 0 Å². The van der Waals surface area contributed by atoms with Crippen LogP contribution in [0.5, 0.6) is 5.75 Å². The molecule has 0 fully saturated rings. The van der Waals surface area contributed by atoms with Gasteiger partial charge in [0.2, 0.25) is 0 Å². The predicted octanol–water partition coefficient (Wildman–Crippen LogP) is 3.12. The summed E-state index contributed by atoms with van der Waals surface area (Å²) in [5.41, 5.74) is 7.42. The fourth-order valence-corrected chi connectivity index (χ4v) is 3.18. The van der Waals surface area contributed by atoms with E-state index >= 15 is 0 Å². The van der Waals surface area contributed by atoms with Gasteiger partial charge in [-0.2, -0.15) is 4.40 Å². The molecule has 1 aliphatic rings. The fraction of sp³-hybridized carbons (Fsp3) is 0.522. The SMILES string of the molecule is C=CC=C.CC(C)(O)OCCC(O)C(CCOC(C)(C)O)Oc1cccc2c1C(N)=NSN2. The number of anilines is 1. The van der Waals surface area contributed by atoms with E-state index in [1.54, 1.807) is 18.2 Å². The quantitative estimate of drug-likeness (QED) is 0.172. The van der Waals surface area contributed by atoms with Gasteiger partial charge in [-0.1, -0.05) is 31.4 Å². The van der Waals surface area contributed by atoms with Crippen molar-refractivity contribution in [1.29, 1.82) is 0 Å². The Hall–Kier alpha value is -2.08. The van der Waals surface area contributed by atoms with Crippen LogP contribution in [-0.2, 0) is 9.47 Å². The summed E-state index contributed by atoms with van der Waals surface area (Å²) in [5.74, 6) is -1.77. The number of aliphatic hydroxyl groups excluding tert-OH is 1. The lowest BCUT2D eigenvalue weighted by atomic mass is 10.1. The smallest absolute Gasteiger partial charge is 0.159 e. The molecule has 1 aromatic rings. The van der Waals surface area contributed by atoms with E-state index in [4.69, 9.17) is 19.9 Å². The molecule has 186 valence electrons. The third-order valence-corrected chi connectivity index (χ3v) is 4.78. The van der Waals surface area contributed by atoms with Crippen molar-refractivity contribution >= 4 is 23.7 Å². The molecule has 9 nitrogen and oxygen atoms in total. The van der Waals surface area contributed by atoms with Gasteiger partial charge in [0.15, 0.2) is 11.6 Å². The number of rotatable bonds is 12. The average molecular weight is 484 g/mol. The van der Waals surface area contributed by atoms with Gasteiger partial charge in [0.25, 0.3) is 0 Å². The maximum Gasteiger partial charge on any atom is 0.159 e. The van der Waals surface area contributed by atoms with Crippen LogP contribution in [0.25, 0.3) is 0 Å². The highest BCUT2D eigenvalue weighted by Crippen LogP contribution is 2.33. The predicted molar refractivity (Wildman–Crippen MR) is 133 cm³/mol. The zero-order chi connectivity index (χ0) is 25.1. The lowest BCUT2D eigenvalue weighted by Gasteiger charge is -2.28. The first-order valence-electron chi connectivity index (χ1n) is 10.6. The van der Waals surface area contributed by atoms with E-state index < -0.39 is 23.8 Å². The molecule has 0 saturated carbocycles. The zero-order valence-corrected chi connectivity index (χ0v) is 20.6. The van der Waals surface area contributed by atoms with Gasteiger partial charge in [0, 0.05) is 12.8 Å². The largest absolute Gasteiger partial charge is 0.487 e. The van der Waals surface area contributed by atoms with Crippen LogP contribution in [0.2, 0.25) is 0 Å². The minimum absolute atomic E-state index is 0.144. The van der Waals surface area contributed by atoms with Crippen LogP contribution >= 0.6 is 12.1 Å². The fourth-order valence-electron chi connectivity index (χ4n) is 2.68. The first-order valence-corrected chi connectivity index (χ1v) is 11.3. The number of fused-ring (bicyclic) bond motifs is 1. The van der Waals surface area contributed by atoms with Crippen molar-refractivity contribution in [3.63, 3.8) is 0 Å². The second-order valence-electron chi connectivity index (χ2n) is 8.21. The van der Waals surface area contributed by atoms with Crippen molar-refractivity contribution in [2.45, 2.75) is 64.3 Å². The normalized spacial score (nSPS) is 15.1. The first-order chi connectivity index (χ1) is 15.4. The molecule has 0 spiro atoms. The van der Waals surface area contributed by atoms with Crippen molar-refractivity contribution in [3.8, 4) is 5.75 Å². The molecule has 1 heterocycles. The van der Waals surface area contributed by atoms with Gasteiger partial charge in [-0.25, -0.2) is 0 Å². The van der Waals surface area contributed by atoms with Crippen molar-refractivity contribution in [1.82, 2.24) is 0 Å². The summed E-state index contributed by atoms with van der Waals surface area (Å²) >= 11 is 1.13. The Bertz CT molecular complexity index is 783. The summed E-state index contributed by atoms with van der Waals surface area (Å²) in [6.45, 7) is 13.1. The summed E-state index contributed by atoms with van der Waals surface area (Å²) in [6, 6.07) is 5.42. The molecule has 2 unspecified atom stereocenters. The molecule has 2 atom stereocenters. The van der Waals surface area contributed by atoms with Gasteiger partial charge in [-0.3, -0.25) is 0 Å². The number of nitrogens with one attached hydrogen (secondary N) is 1. The standard InChI is InChI=1S/C19H31N3O6S.C4H6/c1-18(2,24)26-10-8-13(23)14(9-11-27-19(3,4)25)28-15-7-5-6-12-16(15)17(20)22-29-21-12;1-3-4-2/h5-7,13-14,21,23-25H,8-11H2,1-4H3,(H2,20,22);3-4H,1-2H2. The Morgan fingerprint density at radius 1 is 1.09 bits per heavy atom. The number of nitrogens with zero attached hydrogens (tertiary/aromatic N) is 1. The van der Waals surface area contributed by atoms with Gasteiger partial charge < -0.3 is 40.0 Å². The molecule has 33 heavy (non-hydrogen) atoms. The van der Waals surface area contributed by atoms with Crippen LogP contribution in [0.3, 0.4) is 0 Å². The second-order valence-corrected chi connectivity index (χ2v) is 8.78. The number of benzene rings is 1. The van der Waals surface area contributed by atoms with E-state index in [1.165, 1.54) is 27.7 Å². The molecular formula is C23H37N3O6S. The van der Waals surface area contributed by atoms with Gasteiger partial charge in [-0.15, -0.1) is 0 Å². The van der Waals surface area contributed by atoms with E-state index in [9.17, 15) is 15.3 Å². The Labute approximate surface area is 200 Å². The lowest BCUT2D eigenvalue weighted by Crippen LogP contribution is -2.37. The molecule has 1 aromatic carbocycles. The number of nitrogens with two attached hydrogens (primary N) is 1. The molecule has 2 rings (SSSR count). The maximum absolute atomic E-state index is 10.7. The molecular weight excluding hydrogens is 446 g/mol. The highest BCUT2D eigenvalue weighted by Gasteiger charge is 2.26. The zero-order valence-electron chi connectivity index (χ0n) is 19.8. The number of allylic oxidation sites excluding steroid dienone is 2. The lowest BCUT2D eigenvalue weighted by molar-refractivity contribution is -0.186. The van der Waals surface area contributed by atoms with Gasteiger partial charge in [-0.05, 0) is 39.8 Å². The van der Waals surface area contributed by atoms with Crippen LogP contribution < -0.4 is 15.2 Å². The number of amidine groups is 1. The van der Waals surface area contributed by atoms with E-state index in [0.717, 1.165) is 17.8 Å². The Balaban J connectivity index is 0.00000125.